The molecule has 26 heavy (non-hydrogen) atoms. The van der Waals surface area contributed by atoms with Crippen molar-refractivity contribution in [2.24, 2.45) is 5.10 Å². The molecule has 0 aliphatic rings. The molecule has 0 saturated carbocycles. The Bertz CT molecular complexity index is 821. The number of benzene rings is 2. The Morgan fingerprint density at radius 3 is 2.69 bits per heavy atom. The molecular formula is C19H19BrN2O4. The fraction of sp³-hybridized carbons (Fsp3) is 0.158. The minimum absolute atomic E-state index is 0.350. The molecule has 6 nitrogen and oxygen atoms in total. The maximum Gasteiger partial charge on any atom is 0.275 e. The highest BCUT2D eigenvalue weighted by molar-refractivity contribution is 9.10. The number of carbonyl (C=O) groups excluding carboxylic acids is 1. The molecule has 0 unspecified atom stereocenters. The molecule has 0 spiro atoms. The van der Waals surface area contributed by atoms with E-state index >= 15 is 0 Å². The van der Waals surface area contributed by atoms with Gasteiger partial charge in [-0.2, -0.15) is 5.10 Å². The first-order valence-electron chi connectivity index (χ1n) is 7.67. The van der Waals surface area contributed by atoms with Crippen molar-refractivity contribution in [1.29, 1.82) is 0 Å². The zero-order chi connectivity index (χ0) is 18.9. The van der Waals surface area contributed by atoms with Crippen molar-refractivity contribution in [2.45, 2.75) is 0 Å². The fourth-order valence-electron chi connectivity index (χ4n) is 2.11. The highest BCUT2D eigenvalue weighted by Gasteiger charge is 2.12. The summed E-state index contributed by atoms with van der Waals surface area (Å²) < 4.78 is 16.8. The van der Waals surface area contributed by atoms with Gasteiger partial charge in [0.05, 0.1) is 26.0 Å². The van der Waals surface area contributed by atoms with Gasteiger partial charge in [-0.3, -0.25) is 4.79 Å². The molecule has 0 atom stereocenters. The van der Waals surface area contributed by atoms with Gasteiger partial charge in [0, 0.05) is 16.1 Å². The van der Waals surface area contributed by atoms with Crippen LogP contribution in [-0.2, 0) is 0 Å². The summed E-state index contributed by atoms with van der Waals surface area (Å²) in [5, 5.41) is 4.01. The Morgan fingerprint density at radius 2 is 2.00 bits per heavy atom. The van der Waals surface area contributed by atoms with Crippen molar-refractivity contribution >= 4 is 28.1 Å². The van der Waals surface area contributed by atoms with Gasteiger partial charge in [0.1, 0.15) is 23.9 Å². The van der Waals surface area contributed by atoms with E-state index in [2.05, 4.69) is 33.0 Å². The van der Waals surface area contributed by atoms with Crippen LogP contribution in [0.5, 0.6) is 17.2 Å². The van der Waals surface area contributed by atoms with Crippen molar-refractivity contribution in [1.82, 2.24) is 5.43 Å². The van der Waals surface area contributed by atoms with E-state index < -0.39 is 5.91 Å². The number of nitrogens with one attached hydrogen (secondary N) is 1. The van der Waals surface area contributed by atoms with E-state index in [1.54, 1.807) is 31.4 Å². The van der Waals surface area contributed by atoms with Crippen LogP contribution >= 0.6 is 15.9 Å². The molecule has 2 aromatic rings. The van der Waals surface area contributed by atoms with Gasteiger partial charge in [0.2, 0.25) is 0 Å². The van der Waals surface area contributed by atoms with Gasteiger partial charge < -0.3 is 14.2 Å². The molecule has 0 fully saturated rings. The maximum atomic E-state index is 12.3. The lowest BCUT2D eigenvalue weighted by Crippen LogP contribution is -2.18. The molecular weight excluding hydrogens is 400 g/mol. The molecule has 0 bridgehead atoms. The Hall–Kier alpha value is -2.80. The number of hydrogen-bond acceptors (Lipinski definition) is 5. The first-order valence-corrected chi connectivity index (χ1v) is 8.47. The minimum Gasteiger partial charge on any atom is -0.497 e. The number of hydrazone groups is 1. The van der Waals surface area contributed by atoms with Crippen LogP contribution in [0.2, 0.25) is 0 Å². The number of nitrogens with zero attached hydrogens (tertiary/aromatic N) is 1. The molecule has 0 aromatic heterocycles. The summed E-state index contributed by atoms with van der Waals surface area (Å²) in [5.41, 5.74) is 3.54. The van der Waals surface area contributed by atoms with Crippen molar-refractivity contribution in [3.63, 3.8) is 0 Å². The van der Waals surface area contributed by atoms with Gasteiger partial charge in [0.15, 0.2) is 0 Å². The van der Waals surface area contributed by atoms with Gasteiger partial charge in [-0.25, -0.2) is 5.43 Å². The molecule has 2 aromatic carbocycles. The molecule has 0 aliphatic carbocycles. The summed E-state index contributed by atoms with van der Waals surface area (Å²) in [4.78, 5) is 12.3. The van der Waals surface area contributed by atoms with Crippen LogP contribution in [0.3, 0.4) is 0 Å². The minimum atomic E-state index is -0.399. The van der Waals surface area contributed by atoms with Crippen molar-refractivity contribution < 1.29 is 19.0 Å². The van der Waals surface area contributed by atoms with Gasteiger partial charge in [-0.05, 0) is 30.3 Å². The van der Waals surface area contributed by atoms with Crippen molar-refractivity contribution in [3.8, 4) is 17.2 Å². The molecule has 136 valence electrons. The third kappa shape index (κ3) is 5.10. The van der Waals surface area contributed by atoms with Gasteiger partial charge in [-0.1, -0.05) is 28.6 Å². The van der Waals surface area contributed by atoms with Crippen molar-refractivity contribution in [3.05, 3.63) is 64.7 Å². The number of amides is 1. The normalized spacial score (nSPS) is 10.4. The monoisotopic (exact) mass is 418 g/mol. The largest absolute Gasteiger partial charge is 0.497 e. The highest BCUT2D eigenvalue weighted by Crippen LogP contribution is 2.24. The Labute approximate surface area is 160 Å². The second-order valence-corrected chi connectivity index (χ2v) is 5.96. The third-order valence-electron chi connectivity index (χ3n) is 3.35. The lowest BCUT2D eigenvalue weighted by Gasteiger charge is -2.09. The average molecular weight is 419 g/mol. The summed E-state index contributed by atoms with van der Waals surface area (Å²) in [6.45, 7) is 4.00. The van der Waals surface area contributed by atoms with Crippen molar-refractivity contribution in [2.75, 3.05) is 20.8 Å². The molecule has 0 aliphatic heterocycles. The summed E-state index contributed by atoms with van der Waals surface area (Å²) in [6, 6.07) is 10.4. The quantitative estimate of drug-likeness (QED) is 0.402. The SMILES string of the molecule is C=CCOc1ccc(Br)cc1/C=N\NC(=O)c1ccc(OC)cc1OC. The first kappa shape index (κ1) is 19.5. The molecule has 0 radical (unpaired) electrons. The van der Waals surface area contributed by atoms with Crippen LogP contribution < -0.4 is 19.6 Å². The van der Waals surface area contributed by atoms with E-state index in [9.17, 15) is 4.79 Å². The van der Waals surface area contributed by atoms with Crippen LogP contribution in [0.25, 0.3) is 0 Å². The number of hydrogen-bond donors (Lipinski definition) is 1. The van der Waals surface area contributed by atoms with E-state index in [0.29, 0.717) is 35.0 Å². The van der Waals surface area contributed by atoms with E-state index in [1.807, 2.05) is 18.2 Å². The van der Waals surface area contributed by atoms with Crippen LogP contribution in [0.15, 0.2) is 58.6 Å². The van der Waals surface area contributed by atoms with Crippen LogP contribution in [0.1, 0.15) is 15.9 Å². The van der Waals surface area contributed by atoms with Gasteiger partial charge in [-0.15, -0.1) is 0 Å². The third-order valence-corrected chi connectivity index (χ3v) is 3.84. The van der Waals surface area contributed by atoms with Crippen LogP contribution in [0.4, 0.5) is 0 Å². The Morgan fingerprint density at radius 1 is 1.19 bits per heavy atom. The van der Waals surface area contributed by atoms with E-state index in [1.165, 1.54) is 13.3 Å². The second-order valence-electron chi connectivity index (χ2n) is 5.05. The molecule has 7 heteroatoms. The summed E-state index contributed by atoms with van der Waals surface area (Å²) in [7, 11) is 3.03. The first-order chi connectivity index (χ1) is 12.6. The van der Waals surface area contributed by atoms with E-state index in [4.69, 9.17) is 14.2 Å². The molecule has 1 N–H and O–H groups in total. The van der Waals surface area contributed by atoms with E-state index in [0.717, 1.165) is 4.47 Å². The molecule has 0 heterocycles. The average Bonchev–Trinajstić information content (AvgIpc) is 2.66. The van der Waals surface area contributed by atoms with E-state index in [-0.39, 0.29) is 0 Å². The topological polar surface area (TPSA) is 69.2 Å². The predicted molar refractivity (Wildman–Crippen MR) is 104 cm³/mol. The summed E-state index contributed by atoms with van der Waals surface area (Å²) in [6.07, 6.45) is 3.16. The molecule has 1 amide bonds. The van der Waals surface area contributed by atoms with Gasteiger partial charge >= 0.3 is 0 Å². The number of carbonyl (C=O) groups is 1. The number of halogens is 1. The lowest BCUT2D eigenvalue weighted by atomic mass is 10.2. The molecule has 0 saturated heterocycles. The number of ether oxygens (including phenoxy) is 3. The molecule has 2 rings (SSSR count). The standard InChI is InChI=1S/C19H19BrN2O4/c1-4-9-26-17-8-5-14(20)10-13(17)12-21-22-19(23)16-7-6-15(24-2)11-18(16)25-3/h4-8,10-12H,1,9H2,2-3H3,(H,22,23)/b21-12-. The Balaban J connectivity index is 2.14. The maximum absolute atomic E-state index is 12.3. The lowest BCUT2D eigenvalue weighted by molar-refractivity contribution is 0.0952. The van der Waals surface area contributed by atoms with Crippen LogP contribution in [0, 0.1) is 0 Å². The highest BCUT2D eigenvalue weighted by atomic mass is 79.9. The Kier molecular flexibility index (Phi) is 7.23. The van der Waals surface area contributed by atoms with Crippen LogP contribution in [-0.4, -0.2) is 32.9 Å². The second kappa shape index (κ2) is 9.62. The van der Waals surface area contributed by atoms with Gasteiger partial charge in [0.25, 0.3) is 5.91 Å². The zero-order valence-corrected chi connectivity index (χ0v) is 16.1. The zero-order valence-electron chi connectivity index (χ0n) is 14.5. The smallest absolute Gasteiger partial charge is 0.275 e. The predicted octanol–water partition coefficient (Wildman–Crippen LogP) is 3.80. The summed E-state index contributed by atoms with van der Waals surface area (Å²) >= 11 is 3.40. The number of rotatable bonds is 8. The summed E-state index contributed by atoms with van der Waals surface area (Å²) in [5.74, 6) is 1.23. The number of methoxy groups -OCH3 is 2. The fourth-order valence-corrected chi connectivity index (χ4v) is 2.49.